The van der Waals surface area contributed by atoms with Crippen molar-refractivity contribution >= 4 is 0 Å². The van der Waals surface area contributed by atoms with Crippen molar-refractivity contribution in [3.63, 3.8) is 0 Å². The Kier molecular flexibility index (Phi) is 5.90. The van der Waals surface area contributed by atoms with E-state index >= 15 is 0 Å². The lowest BCUT2D eigenvalue weighted by atomic mass is 9.85. The Bertz CT molecular complexity index is 402. The van der Waals surface area contributed by atoms with Gasteiger partial charge < -0.3 is 10.1 Å². The molecule has 0 radical (unpaired) electrons. The highest BCUT2D eigenvalue weighted by atomic mass is 16.5. The molecule has 2 heteroatoms. The number of nitrogens with one attached hydrogen (secondary N) is 1. The minimum atomic E-state index is 0.631. The van der Waals surface area contributed by atoms with E-state index in [1.807, 2.05) is 0 Å². The zero-order valence-corrected chi connectivity index (χ0v) is 13.2. The van der Waals surface area contributed by atoms with Gasteiger partial charge in [-0.1, -0.05) is 39.0 Å². The third-order valence-electron chi connectivity index (χ3n) is 4.09. The number of hydrogen-bond donors (Lipinski definition) is 1. The fraction of sp³-hybridized carbons (Fsp3) is 0.667. The molecular formula is C18H29NO. The molecule has 0 aliphatic carbocycles. The first-order chi connectivity index (χ1) is 9.70. The van der Waals surface area contributed by atoms with Crippen LogP contribution in [0.3, 0.4) is 0 Å². The van der Waals surface area contributed by atoms with Gasteiger partial charge in [0.2, 0.25) is 0 Å². The SMILES string of the molecule is CCCNC(CC(C)C)CC1CCOc2ccccc21. The van der Waals surface area contributed by atoms with Crippen LogP contribution in [0.25, 0.3) is 0 Å². The summed E-state index contributed by atoms with van der Waals surface area (Å²) >= 11 is 0. The predicted molar refractivity (Wildman–Crippen MR) is 85.4 cm³/mol. The van der Waals surface area contributed by atoms with Crippen molar-refractivity contribution in [3.8, 4) is 5.75 Å². The van der Waals surface area contributed by atoms with Gasteiger partial charge in [-0.05, 0) is 55.7 Å². The molecule has 2 unspecified atom stereocenters. The highest BCUT2D eigenvalue weighted by Gasteiger charge is 2.24. The van der Waals surface area contributed by atoms with Crippen LogP contribution in [0.15, 0.2) is 24.3 Å². The summed E-state index contributed by atoms with van der Waals surface area (Å²) in [6, 6.07) is 9.19. The number of hydrogen-bond acceptors (Lipinski definition) is 2. The lowest BCUT2D eigenvalue weighted by Crippen LogP contribution is -2.33. The van der Waals surface area contributed by atoms with Crippen molar-refractivity contribution in [2.24, 2.45) is 5.92 Å². The van der Waals surface area contributed by atoms with Crippen molar-refractivity contribution in [2.45, 2.75) is 58.4 Å². The summed E-state index contributed by atoms with van der Waals surface area (Å²) in [5.41, 5.74) is 1.41. The topological polar surface area (TPSA) is 21.3 Å². The summed E-state index contributed by atoms with van der Waals surface area (Å²) in [7, 11) is 0. The van der Waals surface area contributed by atoms with Crippen molar-refractivity contribution < 1.29 is 4.74 Å². The third-order valence-corrected chi connectivity index (χ3v) is 4.09. The molecule has 0 aromatic heterocycles. The largest absolute Gasteiger partial charge is 0.493 e. The van der Waals surface area contributed by atoms with Crippen molar-refractivity contribution in [1.82, 2.24) is 5.32 Å². The normalized spacial score (nSPS) is 19.5. The number of rotatable bonds is 7. The van der Waals surface area contributed by atoms with Crippen LogP contribution in [-0.4, -0.2) is 19.2 Å². The number of benzene rings is 1. The van der Waals surface area contributed by atoms with Crippen LogP contribution < -0.4 is 10.1 Å². The lowest BCUT2D eigenvalue weighted by Gasteiger charge is -2.30. The molecule has 1 aliphatic rings. The maximum Gasteiger partial charge on any atom is 0.122 e. The van der Waals surface area contributed by atoms with Gasteiger partial charge in [0.25, 0.3) is 0 Å². The molecule has 1 aromatic carbocycles. The summed E-state index contributed by atoms with van der Waals surface area (Å²) in [4.78, 5) is 0. The van der Waals surface area contributed by atoms with Crippen LogP contribution in [0.4, 0.5) is 0 Å². The zero-order valence-electron chi connectivity index (χ0n) is 13.2. The summed E-state index contributed by atoms with van der Waals surface area (Å²) < 4.78 is 5.78. The molecule has 0 spiro atoms. The highest BCUT2D eigenvalue weighted by Crippen LogP contribution is 2.36. The van der Waals surface area contributed by atoms with Crippen molar-refractivity contribution in [3.05, 3.63) is 29.8 Å². The Morgan fingerprint density at radius 2 is 2.10 bits per heavy atom. The van der Waals surface area contributed by atoms with E-state index in [2.05, 4.69) is 50.4 Å². The summed E-state index contributed by atoms with van der Waals surface area (Å²) in [6.07, 6.45) is 4.86. The Balaban J connectivity index is 2.03. The molecule has 0 saturated carbocycles. The molecule has 112 valence electrons. The van der Waals surface area contributed by atoms with Crippen LogP contribution in [0.1, 0.15) is 57.9 Å². The van der Waals surface area contributed by atoms with Gasteiger partial charge in [0, 0.05) is 6.04 Å². The van der Waals surface area contributed by atoms with Crippen molar-refractivity contribution in [2.75, 3.05) is 13.2 Å². The first kappa shape index (κ1) is 15.4. The molecule has 1 heterocycles. The maximum absolute atomic E-state index is 5.78. The zero-order chi connectivity index (χ0) is 14.4. The van der Waals surface area contributed by atoms with Gasteiger partial charge in [-0.2, -0.15) is 0 Å². The first-order valence-electron chi connectivity index (χ1n) is 8.15. The minimum absolute atomic E-state index is 0.631. The summed E-state index contributed by atoms with van der Waals surface area (Å²) in [6.45, 7) is 8.87. The van der Waals surface area contributed by atoms with E-state index in [1.54, 1.807) is 0 Å². The van der Waals surface area contributed by atoms with Crippen LogP contribution >= 0.6 is 0 Å². The smallest absolute Gasteiger partial charge is 0.122 e. The molecule has 1 aliphatic heterocycles. The van der Waals surface area contributed by atoms with Crippen LogP contribution in [0.2, 0.25) is 0 Å². The van der Waals surface area contributed by atoms with Gasteiger partial charge in [-0.3, -0.25) is 0 Å². The van der Waals surface area contributed by atoms with E-state index in [0.29, 0.717) is 12.0 Å². The van der Waals surface area contributed by atoms with Gasteiger partial charge in [0.05, 0.1) is 6.61 Å². The van der Waals surface area contributed by atoms with E-state index in [0.717, 1.165) is 31.2 Å². The molecule has 20 heavy (non-hydrogen) atoms. The highest BCUT2D eigenvalue weighted by molar-refractivity contribution is 5.37. The van der Waals surface area contributed by atoms with Gasteiger partial charge in [0.15, 0.2) is 0 Å². The molecule has 1 N–H and O–H groups in total. The molecule has 0 bridgehead atoms. The molecule has 1 aromatic rings. The van der Waals surface area contributed by atoms with E-state index in [1.165, 1.54) is 24.8 Å². The van der Waals surface area contributed by atoms with Gasteiger partial charge in [-0.15, -0.1) is 0 Å². The quantitative estimate of drug-likeness (QED) is 0.798. The average Bonchev–Trinajstić information content (AvgIpc) is 2.44. The Morgan fingerprint density at radius 1 is 1.30 bits per heavy atom. The summed E-state index contributed by atoms with van der Waals surface area (Å²) in [5.74, 6) is 2.50. The van der Waals surface area contributed by atoms with E-state index in [4.69, 9.17) is 4.74 Å². The average molecular weight is 275 g/mol. The number of fused-ring (bicyclic) bond motifs is 1. The maximum atomic E-state index is 5.78. The molecule has 0 fully saturated rings. The number of para-hydroxylation sites is 1. The van der Waals surface area contributed by atoms with Gasteiger partial charge in [0.1, 0.15) is 5.75 Å². The van der Waals surface area contributed by atoms with E-state index in [9.17, 15) is 0 Å². The molecule has 0 saturated heterocycles. The number of ether oxygens (including phenoxy) is 1. The van der Waals surface area contributed by atoms with Crippen LogP contribution in [0, 0.1) is 5.92 Å². The summed E-state index contributed by atoms with van der Waals surface area (Å²) in [5, 5.41) is 3.74. The molecule has 2 nitrogen and oxygen atoms in total. The monoisotopic (exact) mass is 275 g/mol. The van der Waals surface area contributed by atoms with E-state index < -0.39 is 0 Å². The Labute approximate surface area is 123 Å². The standard InChI is InChI=1S/C18H29NO/c1-4-10-19-16(12-14(2)3)13-15-9-11-20-18-8-6-5-7-17(15)18/h5-8,14-16,19H,4,9-13H2,1-3H3. The molecule has 2 rings (SSSR count). The van der Waals surface area contributed by atoms with Crippen molar-refractivity contribution in [1.29, 1.82) is 0 Å². The van der Waals surface area contributed by atoms with Gasteiger partial charge in [-0.25, -0.2) is 0 Å². The predicted octanol–water partition coefficient (Wildman–Crippen LogP) is 4.36. The Hall–Kier alpha value is -1.02. The fourth-order valence-electron chi connectivity index (χ4n) is 3.18. The molecule has 0 amide bonds. The second-order valence-electron chi connectivity index (χ2n) is 6.39. The molecular weight excluding hydrogens is 246 g/mol. The lowest BCUT2D eigenvalue weighted by molar-refractivity contribution is 0.250. The van der Waals surface area contributed by atoms with Crippen LogP contribution in [0.5, 0.6) is 5.75 Å². The van der Waals surface area contributed by atoms with Crippen LogP contribution in [-0.2, 0) is 0 Å². The molecule has 2 atom stereocenters. The van der Waals surface area contributed by atoms with Gasteiger partial charge >= 0.3 is 0 Å². The first-order valence-corrected chi connectivity index (χ1v) is 8.15. The fourth-order valence-corrected chi connectivity index (χ4v) is 3.18. The van der Waals surface area contributed by atoms with E-state index in [-0.39, 0.29) is 0 Å². The second kappa shape index (κ2) is 7.68. The third kappa shape index (κ3) is 4.24. The Morgan fingerprint density at radius 3 is 2.85 bits per heavy atom. The second-order valence-corrected chi connectivity index (χ2v) is 6.39. The minimum Gasteiger partial charge on any atom is -0.493 e.